The van der Waals surface area contributed by atoms with E-state index in [1.165, 1.54) is 13.2 Å². The number of benzene rings is 1. The maximum atomic E-state index is 13.9. The van der Waals surface area contributed by atoms with Crippen LogP contribution in [0.1, 0.15) is 44.2 Å². The Balaban J connectivity index is 2.05. The minimum absolute atomic E-state index is 0.223. The Morgan fingerprint density at radius 1 is 1.39 bits per heavy atom. The molecule has 1 atom stereocenters. The maximum Gasteiger partial charge on any atom is 0.248 e. The monoisotopic (exact) mass is 393 g/mol. The van der Waals surface area contributed by atoms with Crippen LogP contribution in [-0.4, -0.2) is 48.3 Å². The Morgan fingerprint density at radius 3 is 2.82 bits per heavy atom. The summed E-state index contributed by atoms with van der Waals surface area (Å²) < 4.78 is 29.6. The molecule has 0 spiro atoms. The summed E-state index contributed by atoms with van der Waals surface area (Å²) in [4.78, 5) is 10.7. The quantitative estimate of drug-likeness (QED) is 0.518. The average molecular weight is 393 g/mol. The number of hydrogen-bond acceptors (Lipinski definition) is 6. The molecule has 9 heteroatoms. The SMILES string of the molecule is CCNC(=NCc1nc(C(C)OCC)no1)N(C)Cc1ccc(OC)c(F)c1. The number of aromatic nitrogens is 2. The van der Waals surface area contributed by atoms with E-state index in [1.807, 2.05) is 38.8 Å². The van der Waals surface area contributed by atoms with Gasteiger partial charge in [-0.2, -0.15) is 4.98 Å². The van der Waals surface area contributed by atoms with Crippen LogP contribution in [0, 0.1) is 5.82 Å². The van der Waals surface area contributed by atoms with Crippen molar-refractivity contribution in [1.82, 2.24) is 20.4 Å². The number of ether oxygens (including phenoxy) is 2. The second-order valence-electron chi connectivity index (χ2n) is 6.14. The number of halogens is 1. The third-order valence-electron chi connectivity index (χ3n) is 3.96. The highest BCUT2D eigenvalue weighted by Crippen LogP contribution is 2.18. The molecule has 1 aromatic heterocycles. The van der Waals surface area contributed by atoms with Crippen LogP contribution in [0.2, 0.25) is 0 Å². The topological polar surface area (TPSA) is 85.0 Å². The molecule has 1 N–H and O–H groups in total. The smallest absolute Gasteiger partial charge is 0.248 e. The second kappa shape index (κ2) is 10.6. The summed E-state index contributed by atoms with van der Waals surface area (Å²) in [7, 11) is 3.32. The summed E-state index contributed by atoms with van der Waals surface area (Å²) in [6.07, 6.45) is -0.229. The van der Waals surface area contributed by atoms with Gasteiger partial charge < -0.3 is 24.2 Å². The van der Waals surface area contributed by atoms with E-state index >= 15 is 0 Å². The number of aliphatic imine (C=N–C) groups is 1. The Kier molecular flexibility index (Phi) is 8.19. The zero-order valence-corrected chi connectivity index (χ0v) is 17.0. The summed E-state index contributed by atoms with van der Waals surface area (Å²) in [6.45, 7) is 7.73. The van der Waals surface area contributed by atoms with Gasteiger partial charge in [0.25, 0.3) is 0 Å². The van der Waals surface area contributed by atoms with Gasteiger partial charge >= 0.3 is 0 Å². The number of nitrogens with zero attached hydrogens (tertiary/aromatic N) is 4. The van der Waals surface area contributed by atoms with Gasteiger partial charge in [-0.05, 0) is 38.5 Å². The Hall–Kier alpha value is -2.68. The Bertz CT molecular complexity index is 781. The van der Waals surface area contributed by atoms with E-state index in [0.29, 0.717) is 37.4 Å². The van der Waals surface area contributed by atoms with Crippen molar-refractivity contribution in [3.05, 3.63) is 41.3 Å². The molecule has 1 unspecified atom stereocenters. The van der Waals surface area contributed by atoms with Crippen LogP contribution < -0.4 is 10.1 Å². The van der Waals surface area contributed by atoms with Crippen molar-refractivity contribution in [3.63, 3.8) is 0 Å². The zero-order valence-electron chi connectivity index (χ0n) is 17.0. The van der Waals surface area contributed by atoms with Gasteiger partial charge in [0.2, 0.25) is 5.89 Å². The van der Waals surface area contributed by atoms with E-state index in [2.05, 4.69) is 20.4 Å². The van der Waals surface area contributed by atoms with E-state index in [-0.39, 0.29) is 18.4 Å². The molecule has 0 aliphatic rings. The summed E-state index contributed by atoms with van der Waals surface area (Å²) in [6, 6.07) is 4.89. The van der Waals surface area contributed by atoms with Crippen molar-refractivity contribution in [1.29, 1.82) is 0 Å². The first-order chi connectivity index (χ1) is 13.5. The summed E-state index contributed by atoms with van der Waals surface area (Å²) in [5.41, 5.74) is 0.803. The van der Waals surface area contributed by atoms with Crippen LogP contribution in [0.4, 0.5) is 4.39 Å². The van der Waals surface area contributed by atoms with Gasteiger partial charge in [0.1, 0.15) is 12.6 Å². The molecule has 0 saturated carbocycles. The molecule has 0 aliphatic carbocycles. The largest absolute Gasteiger partial charge is 0.494 e. The Morgan fingerprint density at radius 2 is 2.18 bits per heavy atom. The van der Waals surface area contributed by atoms with Crippen molar-refractivity contribution < 1.29 is 18.4 Å². The average Bonchev–Trinajstić information content (AvgIpc) is 3.14. The molecule has 8 nitrogen and oxygen atoms in total. The van der Waals surface area contributed by atoms with Crippen LogP contribution in [0.3, 0.4) is 0 Å². The van der Waals surface area contributed by atoms with Crippen molar-refractivity contribution in [2.24, 2.45) is 4.99 Å². The minimum Gasteiger partial charge on any atom is -0.494 e. The minimum atomic E-state index is -0.392. The predicted molar refractivity (Wildman–Crippen MR) is 104 cm³/mol. The fraction of sp³-hybridized carbons (Fsp3) is 0.526. The molecule has 2 rings (SSSR count). The van der Waals surface area contributed by atoms with Gasteiger partial charge in [-0.25, -0.2) is 9.38 Å². The molecule has 28 heavy (non-hydrogen) atoms. The van der Waals surface area contributed by atoms with Crippen LogP contribution in [0.15, 0.2) is 27.7 Å². The van der Waals surface area contributed by atoms with Gasteiger partial charge in [-0.3, -0.25) is 0 Å². The van der Waals surface area contributed by atoms with Crippen molar-refractivity contribution >= 4 is 5.96 Å². The van der Waals surface area contributed by atoms with Gasteiger partial charge in [0.15, 0.2) is 23.4 Å². The highest BCUT2D eigenvalue weighted by Gasteiger charge is 2.14. The maximum absolute atomic E-state index is 13.9. The first-order valence-electron chi connectivity index (χ1n) is 9.24. The molecule has 0 radical (unpaired) electrons. The lowest BCUT2D eigenvalue weighted by Gasteiger charge is -2.22. The molecular weight excluding hydrogens is 365 g/mol. The van der Waals surface area contributed by atoms with Crippen LogP contribution >= 0.6 is 0 Å². The van der Waals surface area contributed by atoms with Crippen LogP contribution in [0.5, 0.6) is 5.75 Å². The molecule has 0 saturated heterocycles. The lowest BCUT2D eigenvalue weighted by molar-refractivity contribution is 0.0683. The number of guanidine groups is 1. The molecule has 2 aromatic rings. The number of nitrogens with one attached hydrogen (secondary N) is 1. The third-order valence-corrected chi connectivity index (χ3v) is 3.96. The van der Waals surface area contributed by atoms with Crippen molar-refractivity contribution in [2.45, 2.75) is 40.0 Å². The second-order valence-corrected chi connectivity index (χ2v) is 6.14. The van der Waals surface area contributed by atoms with Gasteiger partial charge in [0.05, 0.1) is 7.11 Å². The highest BCUT2D eigenvalue weighted by molar-refractivity contribution is 5.79. The van der Waals surface area contributed by atoms with Crippen molar-refractivity contribution in [2.75, 3.05) is 27.3 Å². The molecule has 1 heterocycles. The predicted octanol–water partition coefficient (Wildman–Crippen LogP) is 2.91. The zero-order chi connectivity index (χ0) is 20.5. The third kappa shape index (κ3) is 5.91. The normalized spacial score (nSPS) is 12.7. The lowest BCUT2D eigenvalue weighted by Crippen LogP contribution is -2.38. The van der Waals surface area contributed by atoms with E-state index in [1.54, 1.807) is 6.07 Å². The van der Waals surface area contributed by atoms with E-state index in [9.17, 15) is 4.39 Å². The van der Waals surface area contributed by atoms with Gasteiger partial charge in [-0.15, -0.1) is 0 Å². The first kappa shape index (κ1) is 21.6. The number of methoxy groups -OCH3 is 1. The lowest BCUT2D eigenvalue weighted by atomic mass is 10.2. The standard InChI is InChI=1S/C19H28FN5O3/c1-6-21-19(22-11-17-23-18(24-28-17)13(3)27-7-2)25(4)12-14-8-9-16(26-5)15(20)10-14/h8-10,13H,6-7,11-12H2,1-5H3,(H,21,22). The molecule has 0 aliphatic heterocycles. The molecular formula is C19H28FN5O3. The first-order valence-corrected chi connectivity index (χ1v) is 9.24. The molecule has 0 fully saturated rings. The highest BCUT2D eigenvalue weighted by atomic mass is 19.1. The van der Waals surface area contributed by atoms with Crippen LogP contribution in [-0.2, 0) is 17.8 Å². The number of rotatable bonds is 9. The summed E-state index contributed by atoms with van der Waals surface area (Å²) >= 11 is 0. The molecule has 1 aromatic carbocycles. The number of hydrogen-bond donors (Lipinski definition) is 1. The summed E-state index contributed by atoms with van der Waals surface area (Å²) in [5.74, 6) is 1.38. The van der Waals surface area contributed by atoms with Gasteiger partial charge in [-0.1, -0.05) is 11.2 Å². The van der Waals surface area contributed by atoms with Crippen molar-refractivity contribution in [3.8, 4) is 5.75 Å². The van der Waals surface area contributed by atoms with E-state index in [4.69, 9.17) is 14.0 Å². The van der Waals surface area contributed by atoms with E-state index in [0.717, 1.165) is 5.56 Å². The molecule has 0 bridgehead atoms. The van der Waals surface area contributed by atoms with E-state index < -0.39 is 5.82 Å². The fourth-order valence-electron chi connectivity index (χ4n) is 2.59. The summed E-state index contributed by atoms with van der Waals surface area (Å²) in [5, 5.41) is 7.13. The van der Waals surface area contributed by atoms with Gasteiger partial charge in [0, 0.05) is 26.7 Å². The molecule has 0 amide bonds. The molecule has 154 valence electrons. The Labute approximate surface area is 164 Å². The van der Waals surface area contributed by atoms with Crippen LogP contribution in [0.25, 0.3) is 0 Å². The fourth-order valence-corrected chi connectivity index (χ4v) is 2.59.